The second-order valence-electron chi connectivity index (χ2n) is 6.49. The Morgan fingerprint density at radius 2 is 2.19 bits per heavy atom. The highest BCUT2D eigenvalue weighted by molar-refractivity contribution is 5.85. The third-order valence-corrected chi connectivity index (χ3v) is 4.44. The molecule has 0 aliphatic carbocycles. The Morgan fingerprint density at radius 3 is 2.89 bits per heavy atom. The molecular formula is C19H27ClN4O3. The number of hydrogen-bond acceptors (Lipinski definition) is 6. The number of benzene rings is 1. The summed E-state index contributed by atoms with van der Waals surface area (Å²) in [6.45, 7) is 5.37. The number of carbonyl (C=O) groups is 1. The van der Waals surface area contributed by atoms with Gasteiger partial charge in [-0.25, -0.2) is 0 Å². The summed E-state index contributed by atoms with van der Waals surface area (Å²) in [6, 6.07) is 7.54. The molecule has 1 aromatic heterocycles. The van der Waals surface area contributed by atoms with E-state index >= 15 is 0 Å². The van der Waals surface area contributed by atoms with Crippen molar-refractivity contribution < 1.29 is 14.1 Å². The molecule has 1 saturated heterocycles. The molecule has 0 radical (unpaired) electrons. The van der Waals surface area contributed by atoms with Crippen LogP contribution in [-0.2, 0) is 11.2 Å². The molecule has 27 heavy (non-hydrogen) atoms. The first kappa shape index (κ1) is 21.2. The van der Waals surface area contributed by atoms with Crippen LogP contribution in [0.5, 0.6) is 5.75 Å². The number of ether oxygens (including phenoxy) is 1. The van der Waals surface area contributed by atoms with Crippen molar-refractivity contribution in [2.24, 2.45) is 5.92 Å². The van der Waals surface area contributed by atoms with E-state index in [9.17, 15) is 4.79 Å². The molecule has 7 nitrogen and oxygen atoms in total. The quantitative estimate of drug-likeness (QED) is 0.715. The van der Waals surface area contributed by atoms with Gasteiger partial charge in [0.05, 0.1) is 6.61 Å². The number of aryl methyl sites for hydroxylation is 1. The lowest BCUT2D eigenvalue weighted by molar-refractivity contribution is -0.121. The Balaban J connectivity index is 0.00000261. The maximum atomic E-state index is 12.0. The first-order valence-electron chi connectivity index (χ1n) is 9.28. The molecule has 3 rings (SSSR count). The van der Waals surface area contributed by atoms with E-state index in [1.54, 1.807) is 0 Å². The average Bonchev–Trinajstić information content (AvgIpc) is 3.15. The Labute approximate surface area is 165 Å². The maximum Gasteiger partial charge on any atom is 0.227 e. The number of hydrogen-bond donors (Lipinski definition) is 2. The molecule has 1 aliphatic rings. The predicted octanol–water partition coefficient (Wildman–Crippen LogP) is 2.61. The van der Waals surface area contributed by atoms with E-state index in [-0.39, 0.29) is 18.3 Å². The summed E-state index contributed by atoms with van der Waals surface area (Å²) in [4.78, 5) is 16.4. The number of aromatic nitrogens is 2. The van der Waals surface area contributed by atoms with Gasteiger partial charge in [-0.2, -0.15) is 4.98 Å². The Hall–Kier alpha value is -2.12. The highest BCUT2D eigenvalue weighted by atomic mass is 35.5. The minimum atomic E-state index is 0. The predicted molar refractivity (Wildman–Crippen MR) is 105 cm³/mol. The maximum absolute atomic E-state index is 12.0. The number of piperidine rings is 1. The van der Waals surface area contributed by atoms with Crippen LogP contribution in [0, 0.1) is 5.92 Å². The molecule has 1 aromatic carbocycles. The molecule has 8 heteroatoms. The van der Waals surface area contributed by atoms with Crippen molar-refractivity contribution >= 4 is 18.3 Å². The highest BCUT2D eigenvalue weighted by Gasteiger charge is 2.15. The van der Waals surface area contributed by atoms with Crippen LogP contribution < -0.4 is 15.4 Å². The largest absolute Gasteiger partial charge is 0.494 e. The summed E-state index contributed by atoms with van der Waals surface area (Å²) < 4.78 is 10.7. The van der Waals surface area contributed by atoms with Crippen molar-refractivity contribution in [3.63, 3.8) is 0 Å². The second kappa shape index (κ2) is 10.9. The van der Waals surface area contributed by atoms with Crippen molar-refractivity contribution in [2.75, 3.05) is 26.2 Å². The Kier molecular flexibility index (Phi) is 8.54. The third kappa shape index (κ3) is 6.52. The minimum Gasteiger partial charge on any atom is -0.494 e. The summed E-state index contributed by atoms with van der Waals surface area (Å²) in [5.74, 6) is 2.36. The second-order valence-corrected chi connectivity index (χ2v) is 6.49. The number of rotatable bonds is 8. The number of nitrogens with one attached hydrogen (secondary N) is 2. The smallest absolute Gasteiger partial charge is 0.227 e. The van der Waals surface area contributed by atoms with Crippen molar-refractivity contribution in [3.8, 4) is 17.1 Å². The van der Waals surface area contributed by atoms with Gasteiger partial charge in [0.25, 0.3) is 0 Å². The van der Waals surface area contributed by atoms with Crippen LogP contribution in [0.3, 0.4) is 0 Å². The van der Waals surface area contributed by atoms with Crippen LogP contribution in [0.1, 0.15) is 32.1 Å². The first-order valence-corrected chi connectivity index (χ1v) is 9.28. The van der Waals surface area contributed by atoms with E-state index in [1.165, 1.54) is 12.8 Å². The van der Waals surface area contributed by atoms with Gasteiger partial charge in [0.15, 0.2) is 0 Å². The zero-order chi connectivity index (χ0) is 18.2. The molecule has 2 aromatic rings. The minimum absolute atomic E-state index is 0. The van der Waals surface area contributed by atoms with Crippen molar-refractivity contribution in [1.82, 2.24) is 20.8 Å². The van der Waals surface area contributed by atoms with E-state index in [0.29, 0.717) is 37.1 Å². The molecule has 0 spiro atoms. The SMILES string of the molecule is CCOc1ccc(-c2noc(CCC(=O)NCC3CCCNC3)n2)cc1.Cl. The Morgan fingerprint density at radius 1 is 1.37 bits per heavy atom. The lowest BCUT2D eigenvalue weighted by Gasteiger charge is -2.22. The normalized spacial score (nSPS) is 16.4. The van der Waals surface area contributed by atoms with Crippen molar-refractivity contribution in [2.45, 2.75) is 32.6 Å². The van der Waals surface area contributed by atoms with Crippen LogP contribution in [0.25, 0.3) is 11.4 Å². The number of halogens is 1. The zero-order valence-electron chi connectivity index (χ0n) is 15.6. The molecule has 0 bridgehead atoms. The first-order chi connectivity index (χ1) is 12.7. The monoisotopic (exact) mass is 394 g/mol. The van der Waals surface area contributed by atoms with E-state index in [1.807, 2.05) is 31.2 Å². The number of amides is 1. The van der Waals surface area contributed by atoms with Gasteiger partial charge in [-0.05, 0) is 63.0 Å². The fraction of sp³-hybridized carbons (Fsp3) is 0.526. The van der Waals surface area contributed by atoms with Crippen molar-refractivity contribution in [3.05, 3.63) is 30.2 Å². The Bertz CT molecular complexity index is 699. The number of carbonyl (C=O) groups excluding carboxylic acids is 1. The van der Waals surface area contributed by atoms with Crippen LogP contribution in [0.4, 0.5) is 0 Å². The fourth-order valence-electron chi connectivity index (χ4n) is 3.01. The summed E-state index contributed by atoms with van der Waals surface area (Å²) in [7, 11) is 0. The van der Waals surface area contributed by atoms with Gasteiger partial charge >= 0.3 is 0 Å². The average molecular weight is 395 g/mol. The van der Waals surface area contributed by atoms with Gasteiger partial charge < -0.3 is 19.9 Å². The topological polar surface area (TPSA) is 89.3 Å². The molecule has 1 unspecified atom stereocenters. The molecule has 2 heterocycles. The van der Waals surface area contributed by atoms with Gasteiger partial charge in [-0.1, -0.05) is 5.16 Å². The van der Waals surface area contributed by atoms with Gasteiger partial charge in [-0.3, -0.25) is 4.79 Å². The van der Waals surface area contributed by atoms with E-state index < -0.39 is 0 Å². The third-order valence-electron chi connectivity index (χ3n) is 4.44. The molecule has 148 valence electrons. The molecular weight excluding hydrogens is 368 g/mol. The van der Waals surface area contributed by atoms with Crippen LogP contribution in [-0.4, -0.2) is 42.3 Å². The van der Waals surface area contributed by atoms with Crippen LogP contribution in [0.15, 0.2) is 28.8 Å². The lowest BCUT2D eigenvalue weighted by atomic mass is 10.00. The molecule has 1 amide bonds. The molecule has 1 atom stereocenters. The zero-order valence-corrected chi connectivity index (χ0v) is 16.4. The van der Waals surface area contributed by atoms with Crippen LogP contribution in [0.2, 0.25) is 0 Å². The van der Waals surface area contributed by atoms with E-state index in [4.69, 9.17) is 9.26 Å². The summed E-state index contributed by atoms with van der Waals surface area (Å²) in [5, 5.41) is 10.3. The van der Waals surface area contributed by atoms with Gasteiger partial charge in [0, 0.05) is 24.9 Å². The van der Waals surface area contributed by atoms with Crippen molar-refractivity contribution in [1.29, 1.82) is 0 Å². The van der Waals surface area contributed by atoms with E-state index in [2.05, 4.69) is 20.8 Å². The summed E-state index contributed by atoms with van der Waals surface area (Å²) in [6.07, 6.45) is 3.14. The highest BCUT2D eigenvalue weighted by Crippen LogP contribution is 2.20. The van der Waals surface area contributed by atoms with Gasteiger partial charge in [0.1, 0.15) is 5.75 Å². The van der Waals surface area contributed by atoms with Gasteiger partial charge in [0.2, 0.25) is 17.6 Å². The molecule has 0 saturated carbocycles. The molecule has 2 N–H and O–H groups in total. The molecule has 1 fully saturated rings. The van der Waals surface area contributed by atoms with Gasteiger partial charge in [-0.15, -0.1) is 12.4 Å². The number of nitrogens with zero attached hydrogens (tertiary/aromatic N) is 2. The summed E-state index contributed by atoms with van der Waals surface area (Å²) >= 11 is 0. The molecule has 1 aliphatic heterocycles. The standard InChI is InChI=1S/C19H26N4O3.ClH/c1-2-25-16-7-5-15(6-8-16)19-22-18(26-23-19)10-9-17(24)21-13-14-4-3-11-20-12-14;/h5-8,14,20H,2-4,9-13H2,1H3,(H,21,24);1H. The fourth-order valence-corrected chi connectivity index (χ4v) is 3.01. The lowest BCUT2D eigenvalue weighted by Crippen LogP contribution is -2.38. The summed E-state index contributed by atoms with van der Waals surface area (Å²) in [5.41, 5.74) is 0.859. The van der Waals surface area contributed by atoms with E-state index in [0.717, 1.165) is 30.9 Å². The van der Waals surface area contributed by atoms with Crippen LogP contribution >= 0.6 is 12.4 Å².